The number of hydrogen-bond acceptors (Lipinski definition) is 4. The Kier molecular flexibility index (Phi) is 8.26. The number of carbonyl (C=O) groups is 2. The molecule has 1 N–H and O–H groups in total. The van der Waals surface area contributed by atoms with Crippen molar-refractivity contribution in [1.29, 1.82) is 0 Å². The molecule has 0 bridgehead atoms. The van der Waals surface area contributed by atoms with Crippen molar-refractivity contribution in [3.8, 4) is 11.1 Å². The van der Waals surface area contributed by atoms with E-state index >= 15 is 0 Å². The Bertz CT molecular complexity index is 1790. The molecule has 0 aliphatic heterocycles. The minimum absolute atomic E-state index is 0.0297. The SMILES string of the molecule is CCN(C(=O)C(Cc1cccc(-c2ccccc2)c1)C(=O)NS(=O)(=O)c1ccc2ccccc2c1)c1ccccc1. The molecule has 5 aromatic rings. The van der Waals surface area contributed by atoms with Gasteiger partial charge in [-0.15, -0.1) is 0 Å². The second kappa shape index (κ2) is 12.2. The molecule has 7 heteroatoms. The highest BCUT2D eigenvalue weighted by Gasteiger charge is 2.34. The number of anilines is 1. The van der Waals surface area contributed by atoms with Crippen LogP contribution in [0.15, 0.2) is 132 Å². The molecule has 2 amide bonds. The number of hydrogen-bond donors (Lipinski definition) is 1. The van der Waals surface area contributed by atoms with Gasteiger partial charge < -0.3 is 4.90 Å². The van der Waals surface area contributed by atoms with Gasteiger partial charge in [-0.1, -0.05) is 103 Å². The van der Waals surface area contributed by atoms with E-state index in [4.69, 9.17) is 0 Å². The van der Waals surface area contributed by atoms with E-state index in [-0.39, 0.29) is 11.3 Å². The quantitative estimate of drug-likeness (QED) is 0.216. The average molecular weight is 563 g/mol. The lowest BCUT2D eigenvalue weighted by molar-refractivity contribution is -0.132. The molecule has 0 saturated heterocycles. The Balaban J connectivity index is 1.48. The number of para-hydroxylation sites is 1. The maximum absolute atomic E-state index is 13.9. The topological polar surface area (TPSA) is 83.6 Å². The standard InChI is InChI=1S/C34H30N2O4S/c1-2-36(30-18-7-4-8-19-30)34(38)32(23-25-12-11-17-28(22-25)26-13-5-3-6-14-26)33(37)35-41(39,40)31-21-20-27-15-9-10-16-29(27)24-31/h3-22,24,32H,2,23H2,1H3,(H,35,37). The number of benzene rings is 5. The third-order valence-electron chi connectivity index (χ3n) is 7.00. The lowest BCUT2D eigenvalue weighted by atomic mass is 9.94. The van der Waals surface area contributed by atoms with Crippen LogP contribution in [0.25, 0.3) is 21.9 Å². The van der Waals surface area contributed by atoms with Gasteiger partial charge in [0.05, 0.1) is 4.90 Å². The molecule has 0 spiro atoms. The fourth-order valence-corrected chi connectivity index (χ4v) is 5.95. The highest BCUT2D eigenvalue weighted by molar-refractivity contribution is 7.90. The molecule has 0 fully saturated rings. The molecule has 5 aromatic carbocycles. The molecule has 5 rings (SSSR count). The van der Waals surface area contributed by atoms with E-state index in [9.17, 15) is 18.0 Å². The number of amides is 2. The average Bonchev–Trinajstić information content (AvgIpc) is 3.00. The smallest absolute Gasteiger partial charge is 0.264 e. The summed E-state index contributed by atoms with van der Waals surface area (Å²) >= 11 is 0. The number of nitrogens with one attached hydrogen (secondary N) is 1. The normalized spacial score (nSPS) is 12.0. The lowest BCUT2D eigenvalue weighted by Crippen LogP contribution is -2.46. The summed E-state index contributed by atoms with van der Waals surface area (Å²) in [4.78, 5) is 29.1. The third kappa shape index (κ3) is 6.36. The summed E-state index contributed by atoms with van der Waals surface area (Å²) in [5.41, 5.74) is 3.31. The number of sulfonamides is 1. The van der Waals surface area contributed by atoms with E-state index in [1.165, 1.54) is 17.0 Å². The zero-order valence-corrected chi connectivity index (χ0v) is 23.4. The second-order valence-corrected chi connectivity index (χ2v) is 11.4. The van der Waals surface area contributed by atoms with E-state index in [1.54, 1.807) is 24.3 Å². The third-order valence-corrected chi connectivity index (χ3v) is 8.35. The molecule has 41 heavy (non-hydrogen) atoms. The number of nitrogens with zero attached hydrogens (tertiary/aromatic N) is 1. The first-order valence-electron chi connectivity index (χ1n) is 13.4. The summed E-state index contributed by atoms with van der Waals surface area (Å²) in [7, 11) is -4.24. The summed E-state index contributed by atoms with van der Waals surface area (Å²) < 4.78 is 28.9. The Morgan fingerprint density at radius 3 is 2.05 bits per heavy atom. The summed E-state index contributed by atoms with van der Waals surface area (Å²) in [6, 6.07) is 38.5. The van der Waals surface area contributed by atoms with E-state index < -0.39 is 27.8 Å². The predicted octanol–water partition coefficient (Wildman–Crippen LogP) is 6.22. The van der Waals surface area contributed by atoms with E-state index in [2.05, 4.69) is 4.72 Å². The minimum Gasteiger partial charge on any atom is -0.312 e. The van der Waals surface area contributed by atoms with E-state index in [0.29, 0.717) is 12.2 Å². The minimum atomic E-state index is -4.24. The lowest BCUT2D eigenvalue weighted by Gasteiger charge is -2.26. The van der Waals surface area contributed by atoms with Gasteiger partial charge in [0.1, 0.15) is 5.92 Å². The second-order valence-electron chi connectivity index (χ2n) is 9.72. The first kappa shape index (κ1) is 27.8. The molecule has 0 aromatic heterocycles. The van der Waals surface area contributed by atoms with Crippen molar-refractivity contribution in [3.05, 3.63) is 133 Å². The van der Waals surface area contributed by atoms with Crippen LogP contribution < -0.4 is 9.62 Å². The van der Waals surface area contributed by atoms with Gasteiger partial charge in [0.25, 0.3) is 10.0 Å². The number of rotatable bonds is 9. The van der Waals surface area contributed by atoms with Crippen LogP contribution in [0.5, 0.6) is 0 Å². The van der Waals surface area contributed by atoms with Gasteiger partial charge in [-0.2, -0.15) is 0 Å². The van der Waals surface area contributed by atoms with Crippen molar-refractivity contribution in [3.63, 3.8) is 0 Å². The highest BCUT2D eigenvalue weighted by Crippen LogP contribution is 2.25. The molecule has 1 unspecified atom stereocenters. The molecular weight excluding hydrogens is 532 g/mol. The molecule has 1 atom stereocenters. The predicted molar refractivity (Wildman–Crippen MR) is 163 cm³/mol. The Hall–Kier alpha value is -4.75. The van der Waals surface area contributed by atoms with Gasteiger partial charge in [0.15, 0.2) is 0 Å². The van der Waals surface area contributed by atoms with Crippen LogP contribution in [0.1, 0.15) is 12.5 Å². The first-order valence-corrected chi connectivity index (χ1v) is 14.9. The highest BCUT2D eigenvalue weighted by atomic mass is 32.2. The largest absolute Gasteiger partial charge is 0.312 e. The van der Waals surface area contributed by atoms with E-state index in [1.807, 2.05) is 97.9 Å². The van der Waals surface area contributed by atoms with Crippen molar-refractivity contribution in [2.24, 2.45) is 5.92 Å². The Morgan fingerprint density at radius 2 is 1.34 bits per heavy atom. The van der Waals surface area contributed by atoms with Gasteiger partial charge in [-0.05, 0) is 65.1 Å². The zero-order chi connectivity index (χ0) is 28.8. The van der Waals surface area contributed by atoms with Crippen LogP contribution in [0.3, 0.4) is 0 Å². The van der Waals surface area contributed by atoms with Crippen LogP contribution in [-0.4, -0.2) is 26.8 Å². The van der Waals surface area contributed by atoms with Gasteiger partial charge >= 0.3 is 0 Å². The van der Waals surface area contributed by atoms with Crippen LogP contribution in [0.2, 0.25) is 0 Å². The maximum atomic E-state index is 13.9. The van der Waals surface area contributed by atoms with Gasteiger partial charge in [0.2, 0.25) is 11.8 Å². The fraction of sp³-hybridized carbons (Fsp3) is 0.118. The summed E-state index contributed by atoms with van der Waals surface area (Å²) in [5.74, 6) is -2.63. The number of fused-ring (bicyclic) bond motifs is 1. The summed E-state index contributed by atoms with van der Waals surface area (Å²) in [6.07, 6.45) is 0.0297. The summed E-state index contributed by atoms with van der Waals surface area (Å²) in [6.45, 7) is 2.13. The molecule has 0 radical (unpaired) electrons. The molecule has 0 saturated carbocycles. The van der Waals surface area contributed by atoms with Crippen LogP contribution in [0, 0.1) is 5.92 Å². The Morgan fingerprint density at radius 1 is 0.707 bits per heavy atom. The molecule has 206 valence electrons. The van der Waals surface area contributed by atoms with Crippen LogP contribution in [-0.2, 0) is 26.0 Å². The Labute approximate surface area is 240 Å². The van der Waals surface area contributed by atoms with Gasteiger partial charge in [-0.3, -0.25) is 9.59 Å². The van der Waals surface area contributed by atoms with Gasteiger partial charge in [0, 0.05) is 12.2 Å². The van der Waals surface area contributed by atoms with Crippen molar-refractivity contribution in [2.45, 2.75) is 18.2 Å². The number of carbonyl (C=O) groups excluding carboxylic acids is 2. The maximum Gasteiger partial charge on any atom is 0.264 e. The molecule has 0 heterocycles. The zero-order valence-electron chi connectivity index (χ0n) is 22.6. The monoisotopic (exact) mass is 562 g/mol. The first-order chi connectivity index (χ1) is 19.9. The van der Waals surface area contributed by atoms with Crippen LogP contribution >= 0.6 is 0 Å². The summed E-state index contributed by atoms with van der Waals surface area (Å²) in [5, 5.41) is 1.61. The van der Waals surface area contributed by atoms with Crippen LogP contribution in [0.4, 0.5) is 5.69 Å². The molecular formula is C34H30N2O4S. The molecule has 0 aliphatic carbocycles. The molecule has 0 aliphatic rings. The molecule has 6 nitrogen and oxygen atoms in total. The van der Waals surface area contributed by atoms with E-state index in [0.717, 1.165) is 27.5 Å². The van der Waals surface area contributed by atoms with Crippen molar-refractivity contribution < 1.29 is 18.0 Å². The van der Waals surface area contributed by atoms with Crippen molar-refractivity contribution in [2.75, 3.05) is 11.4 Å². The fourth-order valence-electron chi connectivity index (χ4n) is 4.90. The van der Waals surface area contributed by atoms with Gasteiger partial charge in [-0.25, -0.2) is 13.1 Å². The van der Waals surface area contributed by atoms with Crippen molar-refractivity contribution in [1.82, 2.24) is 4.72 Å². The van der Waals surface area contributed by atoms with Crippen molar-refractivity contribution >= 4 is 38.3 Å².